The molecule has 74 valence electrons. The molecular formula is C12H7BrO2. The molecule has 0 fully saturated rings. The largest absolute Gasteiger partial charge is 0.508 e. The summed E-state index contributed by atoms with van der Waals surface area (Å²) < 4.78 is 6.17. The number of hydrogen-bond acceptors (Lipinski definition) is 2. The number of phenols is 1. The Labute approximate surface area is 94.3 Å². The number of rotatable bonds is 0. The molecule has 0 radical (unpaired) electrons. The molecule has 0 aliphatic rings. The molecule has 3 aromatic rings. The van der Waals surface area contributed by atoms with Crippen LogP contribution in [0.3, 0.4) is 0 Å². The normalized spacial score (nSPS) is 11.3. The zero-order valence-electron chi connectivity index (χ0n) is 7.70. The van der Waals surface area contributed by atoms with Gasteiger partial charge >= 0.3 is 0 Å². The maximum Gasteiger partial charge on any atom is 0.170 e. The lowest BCUT2D eigenvalue weighted by atomic mass is 10.1. The number of phenolic OH excluding ortho intramolecular Hbond substituents is 1. The summed E-state index contributed by atoms with van der Waals surface area (Å²) >= 11 is 3.30. The van der Waals surface area contributed by atoms with Crippen LogP contribution in [0.1, 0.15) is 0 Å². The van der Waals surface area contributed by atoms with Gasteiger partial charge in [-0.2, -0.15) is 0 Å². The van der Waals surface area contributed by atoms with Crippen LogP contribution >= 0.6 is 15.9 Å². The average molecular weight is 263 g/mol. The van der Waals surface area contributed by atoms with Crippen molar-refractivity contribution < 1.29 is 9.52 Å². The Morgan fingerprint density at radius 3 is 2.67 bits per heavy atom. The maximum absolute atomic E-state index is 9.37. The van der Waals surface area contributed by atoms with Gasteiger partial charge in [0.25, 0.3) is 0 Å². The molecule has 3 rings (SSSR count). The van der Waals surface area contributed by atoms with Gasteiger partial charge in [0.1, 0.15) is 11.3 Å². The molecule has 0 aliphatic heterocycles. The second kappa shape index (κ2) is 3.00. The van der Waals surface area contributed by atoms with Gasteiger partial charge in [-0.05, 0) is 57.0 Å². The number of furan rings is 1. The molecule has 15 heavy (non-hydrogen) atoms. The van der Waals surface area contributed by atoms with Gasteiger partial charge in [-0.3, -0.25) is 0 Å². The first kappa shape index (κ1) is 8.80. The third-order valence-electron chi connectivity index (χ3n) is 2.43. The number of hydrogen-bond donors (Lipinski definition) is 1. The third-order valence-corrected chi connectivity index (χ3v) is 2.82. The van der Waals surface area contributed by atoms with Crippen LogP contribution in [0, 0.1) is 0 Å². The van der Waals surface area contributed by atoms with E-state index in [1.54, 1.807) is 12.1 Å². The highest BCUT2D eigenvalue weighted by molar-refractivity contribution is 9.10. The molecule has 0 spiro atoms. The van der Waals surface area contributed by atoms with Crippen molar-refractivity contribution >= 4 is 37.7 Å². The minimum Gasteiger partial charge on any atom is -0.508 e. The fraction of sp³-hybridized carbons (Fsp3) is 0. The lowest BCUT2D eigenvalue weighted by Gasteiger charge is -1.98. The second-order valence-corrected chi connectivity index (χ2v) is 4.25. The zero-order chi connectivity index (χ0) is 10.4. The van der Waals surface area contributed by atoms with E-state index in [0.717, 1.165) is 26.4 Å². The highest BCUT2D eigenvalue weighted by Crippen LogP contribution is 2.29. The highest BCUT2D eigenvalue weighted by atomic mass is 79.9. The van der Waals surface area contributed by atoms with E-state index >= 15 is 0 Å². The Balaban J connectivity index is 2.46. The summed E-state index contributed by atoms with van der Waals surface area (Å²) in [5.74, 6) is 0.271. The van der Waals surface area contributed by atoms with E-state index < -0.39 is 0 Å². The second-order valence-electron chi connectivity index (χ2n) is 3.47. The van der Waals surface area contributed by atoms with E-state index in [0.29, 0.717) is 0 Å². The lowest BCUT2D eigenvalue weighted by Crippen LogP contribution is -1.72. The number of benzene rings is 2. The molecule has 0 saturated carbocycles. The van der Waals surface area contributed by atoms with Crippen molar-refractivity contribution in [2.75, 3.05) is 0 Å². The molecule has 0 atom stereocenters. The molecule has 1 aromatic heterocycles. The highest BCUT2D eigenvalue weighted by Gasteiger charge is 2.03. The quantitative estimate of drug-likeness (QED) is 0.663. The molecule has 2 aromatic carbocycles. The molecular weight excluding hydrogens is 256 g/mol. The van der Waals surface area contributed by atoms with E-state index in [1.165, 1.54) is 0 Å². The topological polar surface area (TPSA) is 33.4 Å². The van der Waals surface area contributed by atoms with E-state index in [1.807, 2.05) is 24.3 Å². The summed E-state index contributed by atoms with van der Waals surface area (Å²) in [6.07, 6.45) is 0. The number of fused-ring (bicyclic) bond motifs is 2. The fourth-order valence-electron chi connectivity index (χ4n) is 1.74. The van der Waals surface area contributed by atoms with Crippen molar-refractivity contribution in [1.82, 2.24) is 0 Å². The Morgan fingerprint density at radius 1 is 0.933 bits per heavy atom. The third kappa shape index (κ3) is 1.39. The molecule has 3 heteroatoms. The summed E-state index contributed by atoms with van der Waals surface area (Å²) in [5, 5.41) is 12.5. The van der Waals surface area contributed by atoms with Crippen LogP contribution in [0.15, 0.2) is 45.5 Å². The minimum absolute atomic E-state index is 0.271. The predicted molar refractivity (Wildman–Crippen MR) is 63.1 cm³/mol. The SMILES string of the molecule is Oc1ccc2cc3cc(Br)oc3cc2c1. The average Bonchev–Trinajstić information content (AvgIpc) is 2.53. The first-order chi connectivity index (χ1) is 7.22. The molecule has 1 heterocycles. The minimum atomic E-state index is 0.271. The van der Waals surface area contributed by atoms with Crippen LogP contribution in [0.25, 0.3) is 21.7 Å². The van der Waals surface area contributed by atoms with Gasteiger partial charge in [0, 0.05) is 5.39 Å². The van der Waals surface area contributed by atoms with Crippen molar-refractivity contribution in [3.8, 4) is 5.75 Å². The van der Waals surface area contributed by atoms with E-state index in [4.69, 9.17) is 4.42 Å². The van der Waals surface area contributed by atoms with Crippen LogP contribution in [0.5, 0.6) is 5.75 Å². The summed E-state index contributed by atoms with van der Waals surface area (Å²) in [5.41, 5.74) is 0.819. The standard InChI is InChI=1S/C12H7BrO2/c13-12-6-9-3-7-1-2-10(14)4-8(7)5-11(9)15-12/h1-6,14H. The fourth-order valence-corrected chi connectivity index (χ4v) is 2.16. The Morgan fingerprint density at radius 2 is 1.80 bits per heavy atom. The van der Waals surface area contributed by atoms with Gasteiger partial charge in [0.05, 0.1) is 0 Å². The van der Waals surface area contributed by atoms with Crippen LogP contribution in [-0.4, -0.2) is 5.11 Å². The van der Waals surface area contributed by atoms with E-state index in [-0.39, 0.29) is 5.75 Å². The maximum atomic E-state index is 9.37. The number of aromatic hydroxyl groups is 1. The first-order valence-electron chi connectivity index (χ1n) is 4.54. The predicted octanol–water partition coefficient (Wildman–Crippen LogP) is 4.05. The van der Waals surface area contributed by atoms with Crippen molar-refractivity contribution in [2.24, 2.45) is 0 Å². The van der Waals surface area contributed by atoms with Crippen molar-refractivity contribution in [2.45, 2.75) is 0 Å². The van der Waals surface area contributed by atoms with Crippen LogP contribution in [-0.2, 0) is 0 Å². The molecule has 0 amide bonds. The van der Waals surface area contributed by atoms with Gasteiger partial charge in [0.15, 0.2) is 4.67 Å². The van der Waals surface area contributed by atoms with Crippen molar-refractivity contribution in [3.05, 3.63) is 41.1 Å². The van der Waals surface area contributed by atoms with Gasteiger partial charge in [-0.1, -0.05) is 6.07 Å². The summed E-state index contributed by atoms with van der Waals surface area (Å²) in [7, 11) is 0. The smallest absolute Gasteiger partial charge is 0.170 e. The first-order valence-corrected chi connectivity index (χ1v) is 5.33. The summed E-state index contributed by atoms with van der Waals surface area (Å²) in [4.78, 5) is 0. The van der Waals surface area contributed by atoms with Gasteiger partial charge < -0.3 is 9.52 Å². The molecule has 0 bridgehead atoms. The van der Waals surface area contributed by atoms with Gasteiger partial charge in [-0.15, -0.1) is 0 Å². The summed E-state index contributed by atoms with van der Waals surface area (Å²) in [6, 6.07) is 11.2. The zero-order valence-corrected chi connectivity index (χ0v) is 9.28. The molecule has 0 saturated heterocycles. The Hall–Kier alpha value is -1.48. The van der Waals surface area contributed by atoms with Crippen LogP contribution in [0.4, 0.5) is 0 Å². The van der Waals surface area contributed by atoms with Crippen molar-refractivity contribution in [1.29, 1.82) is 0 Å². The lowest BCUT2D eigenvalue weighted by molar-refractivity contribution is 0.476. The Kier molecular flexibility index (Phi) is 1.76. The Bertz CT molecular complexity index is 655. The van der Waals surface area contributed by atoms with Gasteiger partial charge in [-0.25, -0.2) is 0 Å². The van der Waals surface area contributed by atoms with Gasteiger partial charge in [0.2, 0.25) is 0 Å². The van der Waals surface area contributed by atoms with Crippen LogP contribution < -0.4 is 0 Å². The van der Waals surface area contributed by atoms with E-state index in [2.05, 4.69) is 15.9 Å². The molecule has 0 aliphatic carbocycles. The van der Waals surface area contributed by atoms with Crippen molar-refractivity contribution in [3.63, 3.8) is 0 Å². The molecule has 1 N–H and O–H groups in total. The number of halogens is 1. The monoisotopic (exact) mass is 262 g/mol. The summed E-state index contributed by atoms with van der Waals surface area (Å²) in [6.45, 7) is 0. The molecule has 0 unspecified atom stereocenters. The van der Waals surface area contributed by atoms with E-state index in [9.17, 15) is 5.11 Å². The molecule has 2 nitrogen and oxygen atoms in total. The van der Waals surface area contributed by atoms with Crippen LogP contribution in [0.2, 0.25) is 0 Å².